The minimum Gasteiger partial charge on any atom is -0.341 e. The van der Waals surface area contributed by atoms with Gasteiger partial charge in [0.15, 0.2) is 11.0 Å². The lowest BCUT2D eigenvalue weighted by molar-refractivity contribution is -0.128. The van der Waals surface area contributed by atoms with Crippen LogP contribution in [0.1, 0.15) is 13.3 Å². The zero-order valence-corrected chi connectivity index (χ0v) is 15.8. The summed E-state index contributed by atoms with van der Waals surface area (Å²) in [5.74, 6) is 1.50. The van der Waals surface area contributed by atoms with Gasteiger partial charge in [0.2, 0.25) is 5.91 Å². The fraction of sp³-hybridized carbons (Fsp3) is 0.562. The highest BCUT2D eigenvalue weighted by Crippen LogP contribution is 2.27. The van der Waals surface area contributed by atoms with Crippen molar-refractivity contribution in [1.82, 2.24) is 24.6 Å². The number of amides is 1. The van der Waals surface area contributed by atoms with Crippen molar-refractivity contribution in [2.45, 2.75) is 25.0 Å². The van der Waals surface area contributed by atoms with Crippen LogP contribution in [0.5, 0.6) is 0 Å². The van der Waals surface area contributed by atoms with Gasteiger partial charge in [0, 0.05) is 26.2 Å². The van der Waals surface area contributed by atoms with Crippen LogP contribution < -0.4 is 0 Å². The molecule has 1 aliphatic rings. The van der Waals surface area contributed by atoms with Crippen LogP contribution in [0, 0.1) is 0 Å². The molecule has 3 heterocycles. The van der Waals surface area contributed by atoms with E-state index in [1.807, 2.05) is 22.4 Å². The molecule has 0 aromatic carbocycles. The molecule has 1 amide bonds. The summed E-state index contributed by atoms with van der Waals surface area (Å²) < 4.78 is 2.08. The summed E-state index contributed by atoms with van der Waals surface area (Å²) in [4.78, 5) is 17.9. The van der Waals surface area contributed by atoms with Gasteiger partial charge in [0.25, 0.3) is 0 Å². The molecule has 0 N–H and O–H groups in total. The van der Waals surface area contributed by atoms with Crippen LogP contribution in [0.4, 0.5) is 0 Å². The third-order valence-electron chi connectivity index (χ3n) is 4.17. The Kier molecular flexibility index (Phi) is 5.91. The van der Waals surface area contributed by atoms with Gasteiger partial charge in [0.05, 0.1) is 10.6 Å². The highest BCUT2D eigenvalue weighted by Gasteiger charge is 2.20. The molecule has 8 heteroatoms. The number of aromatic nitrogens is 3. The Bertz CT molecular complexity index is 670. The smallest absolute Gasteiger partial charge is 0.233 e. The van der Waals surface area contributed by atoms with E-state index in [0.29, 0.717) is 5.75 Å². The summed E-state index contributed by atoms with van der Waals surface area (Å²) in [6.45, 7) is 6.55. The Labute approximate surface area is 150 Å². The van der Waals surface area contributed by atoms with Gasteiger partial charge in [-0.15, -0.1) is 21.5 Å². The molecule has 1 fully saturated rings. The van der Waals surface area contributed by atoms with E-state index in [0.717, 1.165) is 55.0 Å². The number of hydrogen-bond donors (Lipinski definition) is 0. The molecular weight excluding hydrogens is 342 g/mol. The zero-order chi connectivity index (χ0) is 16.9. The second kappa shape index (κ2) is 8.13. The van der Waals surface area contributed by atoms with Crippen LogP contribution in [0.25, 0.3) is 10.7 Å². The van der Waals surface area contributed by atoms with E-state index in [-0.39, 0.29) is 5.91 Å². The van der Waals surface area contributed by atoms with Crippen LogP contribution in [0.15, 0.2) is 22.7 Å². The molecule has 1 aliphatic heterocycles. The summed E-state index contributed by atoms with van der Waals surface area (Å²) in [6.07, 6.45) is 1.04. The summed E-state index contributed by atoms with van der Waals surface area (Å²) in [5, 5.41) is 11.5. The maximum absolute atomic E-state index is 12.5. The Balaban J connectivity index is 1.63. The van der Waals surface area contributed by atoms with Gasteiger partial charge < -0.3 is 14.4 Å². The van der Waals surface area contributed by atoms with Gasteiger partial charge in [-0.25, -0.2) is 0 Å². The minimum atomic E-state index is 0.193. The number of thiophene rings is 1. The van der Waals surface area contributed by atoms with Gasteiger partial charge in [-0.2, -0.15) is 0 Å². The molecule has 6 nitrogen and oxygen atoms in total. The quantitative estimate of drug-likeness (QED) is 0.761. The number of nitrogens with zero attached hydrogens (tertiary/aromatic N) is 5. The number of rotatable bonds is 5. The number of hydrogen-bond acceptors (Lipinski definition) is 6. The van der Waals surface area contributed by atoms with Crippen LogP contribution >= 0.6 is 23.1 Å². The molecule has 2 aromatic heterocycles. The van der Waals surface area contributed by atoms with Crippen LogP contribution in [-0.4, -0.2) is 69.5 Å². The maximum atomic E-state index is 12.5. The van der Waals surface area contributed by atoms with Crippen molar-refractivity contribution in [3.8, 4) is 10.7 Å². The maximum Gasteiger partial charge on any atom is 0.233 e. The lowest BCUT2D eigenvalue weighted by Gasteiger charge is -2.20. The molecular formula is C16H23N5OS2. The molecule has 3 rings (SSSR count). The van der Waals surface area contributed by atoms with Crippen molar-refractivity contribution in [3.05, 3.63) is 17.5 Å². The van der Waals surface area contributed by atoms with E-state index in [9.17, 15) is 4.79 Å². The molecule has 0 bridgehead atoms. The Morgan fingerprint density at radius 3 is 2.92 bits per heavy atom. The number of carbonyl (C=O) groups excluding carboxylic acids is 1. The summed E-state index contributed by atoms with van der Waals surface area (Å²) in [6, 6.07) is 4.07. The molecule has 1 saturated heterocycles. The molecule has 2 aromatic rings. The molecule has 0 spiro atoms. The molecule has 0 aliphatic carbocycles. The average molecular weight is 366 g/mol. The first kappa shape index (κ1) is 17.4. The monoisotopic (exact) mass is 365 g/mol. The van der Waals surface area contributed by atoms with Gasteiger partial charge in [-0.3, -0.25) is 4.79 Å². The predicted octanol–water partition coefficient (Wildman–Crippen LogP) is 2.28. The Morgan fingerprint density at radius 2 is 2.17 bits per heavy atom. The number of carbonyl (C=O) groups is 1. The topological polar surface area (TPSA) is 54.3 Å². The van der Waals surface area contributed by atoms with E-state index in [2.05, 4.69) is 33.6 Å². The summed E-state index contributed by atoms with van der Waals surface area (Å²) in [5.41, 5.74) is 0. The van der Waals surface area contributed by atoms with Crippen molar-refractivity contribution in [3.63, 3.8) is 0 Å². The van der Waals surface area contributed by atoms with Crippen molar-refractivity contribution in [1.29, 1.82) is 0 Å². The lowest BCUT2D eigenvalue weighted by Crippen LogP contribution is -2.35. The lowest BCUT2D eigenvalue weighted by atomic mass is 10.4. The van der Waals surface area contributed by atoms with Crippen molar-refractivity contribution < 1.29 is 4.79 Å². The largest absolute Gasteiger partial charge is 0.341 e. The van der Waals surface area contributed by atoms with Crippen molar-refractivity contribution in [2.24, 2.45) is 0 Å². The van der Waals surface area contributed by atoms with E-state index in [1.54, 1.807) is 11.3 Å². The first-order valence-corrected chi connectivity index (χ1v) is 10.1. The van der Waals surface area contributed by atoms with E-state index in [1.165, 1.54) is 11.8 Å². The standard InChI is InChI=1S/C16H23N5OS2/c1-3-21-15(13-6-4-11-23-13)17-18-16(21)24-12-14(22)20-8-5-7-19(2)9-10-20/h4,6,11H,3,5,7-10,12H2,1-2H3. The molecule has 0 saturated carbocycles. The fourth-order valence-electron chi connectivity index (χ4n) is 2.78. The first-order chi connectivity index (χ1) is 11.7. The fourth-order valence-corrected chi connectivity index (χ4v) is 4.40. The molecule has 0 unspecified atom stereocenters. The highest BCUT2D eigenvalue weighted by molar-refractivity contribution is 7.99. The summed E-state index contributed by atoms with van der Waals surface area (Å²) >= 11 is 3.14. The number of thioether (sulfide) groups is 1. The SMILES string of the molecule is CCn1c(SCC(=O)N2CCCN(C)CC2)nnc1-c1cccs1. The molecule has 24 heavy (non-hydrogen) atoms. The second-order valence-electron chi connectivity index (χ2n) is 5.85. The zero-order valence-electron chi connectivity index (χ0n) is 14.1. The first-order valence-electron chi connectivity index (χ1n) is 8.25. The highest BCUT2D eigenvalue weighted by atomic mass is 32.2. The molecule has 130 valence electrons. The van der Waals surface area contributed by atoms with Crippen molar-refractivity contribution in [2.75, 3.05) is 39.0 Å². The molecule has 0 radical (unpaired) electrons. The Morgan fingerprint density at radius 1 is 1.29 bits per heavy atom. The number of likely N-dealkylation sites (N-methyl/N-ethyl adjacent to an activating group) is 1. The summed E-state index contributed by atoms with van der Waals surface area (Å²) in [7, 11) is 2.11. The van der Waals surface area contributed by atoms with E-state index < -0.39 is 0 Å². The minimum absolute atomic E-state index is 0.193. The van der Waals surface area contributed by atoms with Gasteiger partial charge in [-0.1, -0.05) is 17.8 Å². The molecule has 0 atom stereocenters. The normalized spacial score (nSPS) is 16.3. The van der Waals surface area contributed by atoms with Crippen LogP contribution in [0.2, 0.25) is 0 Å². The van der Waals surface area contributed by atoms with Crippen LogP contribution in [-0.2, 0) is 11.3 Å². The third kappa shape index (κ3) is 3.99. The van der Waals surface area contributed by atoms with E-state index >= 15 is 0 Å². The second-order valence-corrected chi connectivity index (χ2v) is 7.74. The average Bonchev–Trinajstić information content (AvgIpc) is 3.19. The van der Waals surface area contributed by atoms with Crippen molar-refractivity contribution >= 4 is 29.0 Å². The van der Waals surface area contributed by atoms with Gasteiger partial charge in [0.1, 0.15) is 0 Å². The van der Waals surface area contributed by atoms with Gasteiger partial charge >= 0.3 is 0 Å². The van der Waals surface area contributed by atoms with Gasteiger partial charge in [-0.05, 0) is 38.4 Å². The third-order valence-corrected chi connectivity index (χ3v) is 5.99. The van der Waals surface area contributed by atoms with Crippen LogP contribution in [0.3, 0.4) is 0 Å². The predicted molar refractivity (Wildman–Crippen MR) is 98.4 cm³/mol. The van der Waals surface area contributed by atoms with E-state index in [4.69, 9.17) is 0 Å². The Hall–Kier alpha value is -1.38.